The molecule has 0 N–H and O–H groups in total. The molecule has 1 saturated heterocycles. The van der Waals surface area contributed by atoms with Gasteiger partial charge in [-0.05, 0) is 38.2 Å². The molecule has 2 heteroatoms. The van der Waals surface area contributed by atoms with Crippen molar-refractivity contribution in [1.29, 1.82) is 0 Å². The van der Waals surface area contributed by atoms with E-state index >= 15 is 0 Å². The zero-order valence-electron chi connectivity index (χ0n) is 10.6. The second-order valence-corrected chi connectivity index (χ2v) is 4.93. The van der Waals surface area contributed by atoms with Gasteiger partial charge in [-0.25, -0.2) is 0 Å². The Morgan fingerprint density at radius 3 is 2.41 bits per heavy atom. The lowest BCUT2D eigenvalue weighted by molar-refractivity contribution is -0.132. The average Bonchev–Trinajstić information content (AvgIpc) is 2.39. The van der Waals surface area contributed by atoms with Crippen LogP contribution in [0.4, 0.5) is 0 Å². The normalized spacial score (nSPS) is 15.9. The fraction of sp³-hybridized carbons (Fsp3) is 0.533. The quantitative estimate of drug-likeness (QED) is 0.783. The lowest BCUT2D eigenvalue weighted by Crippen LogP contribution is -2.35. The molecule has 1 aliphatic rings. The molecule has 0 aromatic heterocycles. The number of nitrogens with zero attached hydrogens (tertiary/aromatic N) is 1. The zero-order chi connectivity index (χ0) is 12.1. The van der Waals surface area contributed by atoms with E-state index in [1.54, 1.807) is 0 Å². The van der Waals surface area contributed by atoms with Gasteiger partial charge in [0.05, 0.1) is 0 Å². The van der Waals surface area contributed by atoms with E-state index in [1.807, 2.05) is 4.90 Å². The Kier molecular flexibility index (Phi) is 4.18. The monoisotopic (exact) mass is 231 g/mol. The first-order valence-corrected chi connectivity index (χ1v) is 6.59. The Bertz CT molecular complexity index is 363. The summed E-state index contributed by atoms with van der Waals surface area (Å²) in [6.45, 7) is 4.02. The van der Waals surface area contributed by atoms with E-state index in [0.29, 0.717) is 12.3 Å². The fourth-order valence-corrected chi connectivity index (χ4v) is 2.31. The van der Waals surface area contributed by atoms with E-state index in [9.17, 15) is 4.79 Å². The topological polar surface area (TPSA) is 20.3 Å². The second kappa shape index (κ2) is 5.85. The number of carbonyl (C=O) groups is 1. The van der Waals surface area contributed by atoms with Crippen molar-refractivity contribution in [2.45, 2.75) is 39.0 Å². The first-order chi connectivity index (χ1) is 8.25. The van der Waals surface area contributed by atoms with Crippen molar-refractivity contribution in [3.63, 3.8) is 0 Å². The van der Waals surface area contributed by atoms with Crippen molar-refractivity contribution >= 4 is 5.91 Å². The highest BCUT2D eigenvalue weighted by molar-refractivity contribution is 5.76. The van der Waals surface area contributed by atoms with Crippen LogP contribution >= 0.6 is 0 Å². The molecule has 1 fully saturated rings. The summed E-state index contributed by atoms with van der Waals surface area (Å²) in [4.78, 5) is 14.0. The fourth-order valence-electron chi connectivity index (χ4n) is 2.31. The SMILES string of the molecule is Cc1ccc(CCC(=O)N2CCCCC2)cc1. The summed E-state index contributed by atoms with van der Waals surface area (Å²) in [6.07, 6.45) is 5.16. The number of piperidine rings is 1. The summed E-state index contributed by atoms with van der Waals surface area (Å²) in [6, 6.07) is 8.47. The zero-order valence-corrected chi connectivity index (χ0v) is 10.6. The first-order valence-electron chi connectivity index (χ1n) is 6.59. The van der Waals surface area contributed by atoms with Gasteiger partial charge in [0.2, 0.25) is 5.91 Å². The van der Waals surface area contributed by atoms with E-state index in [2.05, 4.69) is 31.2 Å². The smallest absolute Gasteiger partial charge is 0.222 e. The molecule has 1 amide bonds. The molecular formula is C15H21NO. The van der Waals surface area contributed by atoms with Crippen LogP contribution < -0.4 is 0 Å². The van der Waals surface area contributed by atoms with Gasteiger partial charge in [0.25, 0.3) is 0 Å². The molecule has 2 nitrogen and oxygen atoms in total. The highest BCUT2D eigenvalue weighted by atomic mass is 16.2. The minimum atomic E-state index is 0.324. The van der Waals surface area contributed by atoms with Crippen molar-refractivity contribution in [1.82, 2.24) is 4.90 Å². The van der Waals surface area contributed by atoms with Crippen molar-refractivity contribution in [3.05, 3.63) is 35.4 Å². The summed E-state index contributed by atoms with van der Waals surface area (Å²) < 4.78 is 0. The van der Waals surface area contributed by atoms with E-state index in [-0.39, 0.29) is 0 Å². The number of likely N-dealkylation sites (tertiary alicyclic amines) is 1. The number of aryl methyl sites for hydroxylation is 2. The lowest BCUT2D eigenvalue weighted by Gasteiger charge is -2.26. The molecular weight excluding hydrogens is 210 g/mol. The van der Waals surface area contributed by atoms with Gasteiger partial charge in [-0.3, -0.25) is 4.79 Å². The van der Waals surface area contributed by atoms with E-state index < -0.39 is 0 Å². The highest BCUT2D eigenvalue weighted by Crippen LogP contribution is 2.12. The maximum Gasteiger partial charge on any atom is 0.222 e. The summed E-state index contributed by atoms with van der Waals surface area (Å²) in [5.41, 5.74) is 2.54. The molecule has 0 aliphatic carbocycles. The van der Waals surface area contributed by atoms with Crippen LogP contribution in [-0.4, -0.2) is 23.9 Å². The molecule has 1 aliphatic heterocycles. The largest absolute Gasteiger partial charge is 0.343 e. The van der Waals surface area contributed by atoms with Gasteiger partial charge in [0, 0.05) is 19.5 Å². The van der Waals surface area contributed by atoms with Crippen LogP contribution in [0.15, 0.2) is 24.3 Å². The van der Waals surface area contributed by atoms with E-state index in [4.69, 9.17) is 0 Å². The summed E-state index contributed by atoms with van der Waals surface area (Å²) in [5, 5.41) is 0. The molecule has 0 radical (unpaired) electrons. The minimum Gasteiger partial charge on any atom is -0.343 e. The molecule has 0 unspecified atom stereocenters. The van der Waals surface area contributed by atoms with Crippen LogP contribution in [0.2, 0.25) is 0 Å². The molecule has 1 heterocycles. The van der Waals surface area contributed by atoms with Gasteiger partial charge >= 0.3 is 0 Å². The number of benzene rings is 1. The van der Waals surface area contributed by atoms with Crippen LogP contribution in [0.25, 0.3) is 0 Å². The maximum absolute atomic E-state index is 12.0. The number of hydrogen-bond donors (Lipinski definition) is 0. The Morgan fingerprint density at radius 2 is 1.76 bits per heavy atom. The molecule has 17 heavy (non-hydrogen) atoms. The molecule has 0 spiro atoms. The van der Waals surface area contributed by atoms with Crippen LogP contribution in [0.1, 0.15) is 36.8 Å². The van der Waals surface area contributed by atoms with Crippen molar-refractivity contribution < 1.29 is 4.79 Å². The van der Waals surface area contributed by atoms with Gasteiger partial charge in [-0.1, -0.05) is 29.8 Å². The Balaban J connectivity index is 1.81. The molecule has 92 valence electrons. The standard InChI is InChI=1S/C15H21NO/c1-13-5-7-14(8-6-13)9-10-15(17)16-11-3-2-4-12-16/h5-8H,2-4,9-12H2,1H3. The van der Waals surface area contributed by atoms with Crippen LogP contribution in [0.5, 0.6) is 0 Å². The summed E-state index contributed by atoms with van der Waals surface area (Å²) in [5.74, 6) is 0.324. The summed E-state index contributed by atoms with van der Waals surface area (Å²) in [7, 11) is 0. The highest BCUT2D eigenvalue weighted by Gasteiger charge is 2.15. The van der Waals surface area contributed by atoms with E-state index in [0.717, 1.165) is 19.5 Å². The Labute approximate surface area is 104 Å². The van der Waals surface area contributed by atoms with Crippen LogP contribution in [-0.2, 0) is 11.2 Å². The Hall–Kier alpha value is -1.31. The van der Waals surface area contributed by atoms with E-state index in [1.165, 1.54) is 30.4 Å². The molecule has 0 atom stereocenters. The third kappa shape index (κ3) is 3.58. The van der Waals surface area contributed by atoms with Crippen molar-refractivity contribution in [2.24, 2.45) is 0 Å². The maximum atomic E-state index is 12.0. The van der Waals surface area contributed by atoms with Crippen molar-refractivity contribution in [2.75, 3.05) is 13.1 Å². The predicted octanol–water partition coefficient (Wildman–Crippen LogP) is 2.94. The lowest BCUT2D eigenvalue weighted by atomic mass is 10.1. The molecule has 0 bridgehead atoms. The number of carbonyl (C=O) groups excluding carboxylic acids is 1. The number of hydrogen-bond acceptors (Lipinski definition) is 1. The van der Waals surface area contributed by atoms with Gasteiger partial charge < -0.3 is 4.90 Å². The molecule has 1 aromatic rings. The van der Waals surface area contributed by atoms with Crippen molar-refractivity contribution in [3.8, 4) is 0 Å². The van der Waals surface area contributed by atoms with Gasteiger partial charge in [-0.15, -0.1) is 0 Å². The predicted molar refractivity (Wildman–Crippen MR) is 69.9 cm³/mol. The third-order valence-electron chi connectivity index (χ3n) is 3.46. The van der Waals surface area contributed by atoms with Crippen LogP contribution in [0, 0.1) is 6.92 Å². The van der Waals surface area contributed by atoms with Gasteiger partial charge in [0.15, 0.2) is 0 Å². The van der Waals surface area contributed by atoms with Crippen LogP contribution in [0.3, 0.4) is 0 Å². The molecule has 1 aromatic carbocycles. The van der Waals surface area contributed by atoms with Gasteiger partial charge in [0.1, 0.15) is 0 Å². The third-order valence-corrected chi connectivity index (χ3v) is 3.46. The number of rotatable bonds is 3. The molecule has 0 saturated carbocycles. The number of amides is 1. The first kappa shape index (κ1) is 12.2. The Morgan fingerprint density at radius 1 is 1.12 bits per heavy atom. The second-order valence-electron chi connectivity index (χ2n) is 4.93. The molecule has 2 rings (SSSR count). The minimum absolute atomic E-state index is 0.324. The summed E-state index contributed by atoms with van der Waals surface area (Å²) >= 11 is 0. The average molecular weight is 231 g/mol. The van der Waals surface area contributed by atoms with Gasteiger partial charge in [-0.2, -0.15) is 0 Å².